The number of ketones is 2. The van der Waals surface area contributed by atoms with Gasteiger partial charge in [0.2, 0.25) is 0 Å². The lowest BCUT2D eigenvalue weighted by Crippen LogP contribution is -2.62. The standard InChI is InChI=1S/C27H38O10/c1-25-7-5-14(29)9-13(25)3-4-15-16-6-8-27(35,26(16,2)10-17(30)20(15)25)19(31)12-36-24-23(34)22(33)21(32)18(11-28)37-24/h5,7,9,15-18,20-24,28,30,32-35H,3-4,6,8,10-12H2,1-2H3/t15-,16-,17-,18+,20+,21+,22-,23+,24+,25-,26-,27-/m0/s1. The molecule has 10 nitrogen and oxygen atoms in total. The largest absolute Gasteiger partial charge is 0.394 e. The number of hydrogen-bond donors (Lipinski definition) is 6. The van der Waals surface area contributed by atoms with Gasteiger partial charge in [-0.2, -0.15) is 0 Å². The van der Waals surface area contributed by atoms with Gasteiger partial charge in [0.25, 0.3) is 0 Å². The summed E-state index contributed by atoms with van der Waals surface area (Å²) in [6.45, 7) is 2.68. The van der Waals surface area contributed by atoms with Crippen LogP contribution < -0.4 is 0 Å². The molecule has 1 saturated heterocycles. The minimum absolute atomic E-state index is 0.0217. The lowest BCUT2D eigenvalue weighted by Gasteiger charge is -2.59. The van der Waals surface area contributed by atoms with Crippen LogP contribution in [0.3, 0.4) is 0 Å². The molecule has 1 aliphatic heterocycles. The van der Waals surface area contributed by atoms with Crippen LogP contribution in [0.25, 0.3) is 0 Å². The molecular weight excluding hydrogens is 484 g/mol. The Bertz CT molecular complexity index is 1010. The third-order valence-corrected chi connectivity index (χ3v) is 10.3. The molecule has 10 heteroatoms. The number of fused-ring (bicyclic) bond motifs is 5. The summed E-state index contributed by atoms with van der Waals surface area (Å²) in [6, 6.07) is 0. The van der Waals surface area contributed by atoms with Gasteiger partial charge in [0.15, 0.2) is 17.9 Å². The number of ether oxygens (including phenoxy) is 2. The first-order valence-corrected chi connectivity index (χ1v) is 13.2. The lowest BCUT2D eigenvalue weighted by atomic mass is 9.46. The van der Waals surface area contributed by atoms with E-state index in [4.69, 9.17) is 9.47 Å². The van der Waals surface area contributed by atoms with E-state index in [1.54, 1.807) is 12.2 Å². The van der Waals surface area contributed by atoms with Gasteiger partial charge in [-0.15, -0.1) is 0 Å². The molecule has 0 spiro atoms. The number of Topliss-reactive ketones (excluding diaryl/α,β-unsaturated/α-hetero) is 1. The van der Waals surface area contributed by atoms with Gasteiger partial charge in [-0.25, -0.2) is 0 Å². The fourth-order valence-corrected chi connectivity index (χ4v) is 8.27. The van der Waals surface area contributed by atoms with E-state index < -0.39 is 72.2 Å². The molecule has 4 aliphatic carbocycles. The Hall–Kier alpha value is -1.50. The minimum atomic E-state index is -1.77. The summed E-state index contributed by atoms with van der Waals surface area (Å²) in [7, 11) is 0. The third-order valence-electron chi connectivity index (χ3n) is 10.3. The molecule has 0 unspecified atom stereocenters. The van der Waals surface area contributed by atoms with Gasteiger partial charge in [0.05, 0.1) is 12.7 Å². The van der Waals surface area contributed by atoms with E-state index in [1.807, 2.05) is 13.0 Å². The molecule has 6 N–H and O–H groups in total. The van der Waals surface area contributed by atoms with Crippen LogP contribution in [0.15, 0.2) is 23.8 Å². The highest BCUT2D eigenvalue weighted by atomic mass is 16.7. The number of aliphatic hydroxyl groups excluding tert-OH is 5. The number of rotatable bonds is 5. The molecule has 0 aromatic heterocycles. The van der Waals surface area contributed by atoms with Crippen LogP contribution in [0.1, 0.15) is 46.0 Å². The highest BCUT2D eigenvalue weighted by Gasteiger charge is 2.68. The van der Waals surface area contributed by atoms with Gasteiger partial charge in [0, 0.05) is 16.7 Å². The van der Waals surface area contributed by atoms with E-state index in [0.29, 0.717) is 6.42 Å². The Balaban J connectivity index is 1.34. The maximum Gasteiger partial charge on any atom is 0.190 e. The number of carbonyl (C=O) groups is 2. The molecule has 5 rings (SSSR count). The normalized spacial score (nSPS) is 51.2. The second kappa shape index (κ2) is 9.31. The van der Waals surface area contributed by atoms with Gasteiger partial charge < -0.3 is 40.1 Å². The monoisotopic (exact) mass is 522 g/mol. The molecule has 206 valence electrons. The molecule has 5 aliphatic rings. The molecule has 37 heavy (non-hydrogen) atoms. The first-order valence-electron chi connectivity index (χ1n) is 13.2. The van der Waals surface area contributed by atoms with Crippen LogP contribution in [-0.2, 0) is 19.1 Å². The van der Waals surface area contributed by atoms with Crippen LogP contribution in [0.4, 0.5) is 0 Å². The van der Waals surface area contributed by atoms with E-state index in [9.17, 15) is 40.2 Å². The zero-order valence-corrected chi connectivity index (χ0v) is 21.2. The van der Waals surface area contributed by atoms with Crippen molar-refractivity contribution in [3.05, 3.63) is 23.8 Å². The molecule has 0 aromatic rings. The van der Waals surface area contributed by atoms with Crippen LogP contribution in [0.5, 0.6) is 0 Å². The molecule has 0 amide bonds. The number of carbonyl (C=O) groups excluding carboxylic acids is 2. The highest BCUT2D eigenvalue weighted by molar-refractivity contribution is 6.01. The van der Waals surface area contributed by atoms with Crippen molar-refractivity contribution in [2.45, 2.75) is 88.4 Å². The van der Waals surface area contributed by atoms with Crippen LogP contribution in [-0.4, -0.2) is 97.8 Å². The lowest BCUT2D eigenvalue weighted by molar-refractivity contribution is -0.300. The Kier molecular flexibility index (Phi) is 6.81. The zero-order chi connectivity index (χ0) is 26.9. The predicted octanol–water partition coefficient (Wildman–Crippen LogP) is -0.618. The van der Waals surface area contributed by atoms with Crippen LogP contribution >= 0.6 is 0 Å². The highest BCUT2D eigenvalue weighted by Crippen LogP contribution is 2.67. The van der Waals surface area contributed by atoms with Crippen molar-refractivity contribution in [3.8, 4) is 0 Å². The smallest absolute Gasteiger partial charge is 0.190 e. The zero-order valence-electron chi connectivity index (χ0n) is 21.2. The number of aliphatic hydroxyl groups is 6. The molecule has 0 radical (unpaired) electrons. The van der Waals surface area contributed by atoms with Gasteiger partial charge in [-0.1, -0.05) is 25.5 Å². The maximum absolute atomic E-state index is 13.5. The summed E-state index contributed by atoms with van der Waals surface area (Å²) in [5, 5.41) is 62.8. The second-order valence-electron chi connectivity index (χ2n) is 12.0. The molecule has 1 heterocycles. The summed E-state index contributed by atoms with van der Waals surface area (Å²) in [5.74, 6) is -0.738. The summed E-state index contributed by atoms with van der Waals surface area (Å²) >= 11 is 0. The molecule has 12 atom stereocenters. The number of allylic oxidation sites excluding steroid dienone is 4. The van der Waals surface area contributed by atoms with Crippen molar-refractivity contribution in [2.24, 2.45) is 28.6 Å². The van der Waals surface area contributed by atoms with Crippen LogP contribution in [0, 0.1) is 28.6 Å². The van der Waals surface area contributed by atoms with Crippen molar-refractivity contribution >= 4 is 11.6 Å². The van der Waals surface area contributed by atoms with E-state index >= 15 is 0 Å². The number of hydrogen-bond acceptors (Lipinski definition) is 10. The summed E-state index contributed by atoms with van der Waals surface area (Å²) in [6.07, 6.45) is -0.603. The van der Waals surface area contributed by atoms with Crippen molar-refractivity contribution in [1.29, 1.82) is 0 Å². The molecule has 0 bridgehead atoms. The van der Waals surface area contributed by atoms with E-state index in [1.165, 1.54) is 0 Å². The summed E-state index contributed by atoms with van der Waals surface area (Å²) in [5.41, 5.74) is -2.10. The molecule has 3 saturated carbocycles. The molecule has 4 fully saturated rings. The van der Waals surface area contributed by atoms with Gasteiger partial charge in [-0.05, 0) is 56.1 Å². The SMILES string of the molecule is C[C@]12C=CC(=O)C=C1CC[C@@H]1[C@@H]2[C@@H](O)C[C@@]2(C)[C@H]1CC[C@]2(O)C(=O)CO[C@@H]1O[C@H](CO)[C@@H](O)[C@H](O)[C@H]1O. The fourth-order valence-electron chi connectivity index (χ4n) is 8.27. The van der Waals surface area contributed by atoms with E-state index in [-0.39, 0.29) is 36.4 Å². The first-order chi connectivity index (χ1) is 17.4. The van der Waals surface area contributed by atoms with Crippen molar-refractivity contribution in [3.63, 3.8) is 0 Å². The second-order valence-corrected chi connectivity index (χ2v) is 12.0. The van der Waals surface area contributed by atoms with Crippen molar-refractivity contribution in [2.75, 3.05) is 13.2 Å². The molecule has 0 aromatic carbocycles. The van der Waals surface area contributed by atoms with E-state index in [2.05, 4.69) is 6.92 Å². The minimum Gasteiger partial charge on any atom is -0.394 e. The predicted molar refractivity (Wildman–Crippen MR) is 128 cm³/mol. The average molecular weight is 523 g/mol. The Morgan fingerprint density at radius 2 is 1.86 bits per heavy atom. The van der Waals surface area contributed by atoms with Gasteiger partial charge >= 0.3 is 0 Å². The fraction of sp³-hybridized carbons (Fsp3) is 0.778. The topological polar surface area (TPSA) is 174 Å². The quantitative estimate of drug-likeness (QED) is 0.273. The van der Waals surface area contributed by atoms with Crippen molar-refractivity contribution in [1.82, 2.24) is 0 Å². The Morgan fingerprint density at radius 1 is 1.14 bits per heavy atom. The molecular formula is C27H38O10. The van der Waals surface area contributed by atoms with E-state index in [0.717, 1.165) is 18.4 Å². The first kappa shape index (κ1) is 27.1. The van der Waals surface area contributed by atoms with Crippen LogP contribution in [0.2, 0.25) is 0 Å². The maximum atomic E-state index is 13.5. The summed E-state index contributed by atoms with van der Waals surface area (Å²) in [4.78, 5) is 25.4. The Morgan fingerprint density at radius 3 is 2.57 bits per heavy atom. The third kappa shape index (κ3) is 3.91. The van der Waals surface area contributed by atoms with Gasteiger partial charge in [-0.3, -0.25) is 9.59 Å². The average Bonchev–Trinajstić information content (AvgIpc) is 3.13. The van der Waals surface area contributed by atoms with Crippen molar-refractivity contribution < 1.29 is 49.7 Å². The summed E-state index contributed by atoms with van der Waals surface area (Å²) < 4.78 is 10.8. The van der Waals surface area contributed by atoms with Gasteiger partial charge in [0.1, 0.15) is 36.6 Å². The Labute approximate surface area is 215 Å².